The van der Waals surface area contributed by atoms with E-state index in [1.54, 1.807) is 25.3 Å². The third-order valence-corrected chi connectivity index (χ3v) is 3.38. The molecule has 1 aliphatic heterocycles. The Kier molecular flexibility index (Phi) is 4.87. The van der Waals surface area contributed by atoms with E-state index in [1.807, 2.05) is 0 Å². The van der Waals surface area contributed by atoms with Gasteiger partial charge in [0.1, 0.15) is 11.7 Å². The molecule has 0 saturated carbocycles. The smallest absolute Gasteiger partial charge is 0.384 e. The van der Waals surface area contributed by atoms with Crippen LogP contribution < -0.4 is 11.1 Å². The number of Topliss-reactive ketones (excluding diaryl/α,β-unsaturated/α-hetero) is 1. The molecule has 24 heavy (non-hydrogen) atoms. The fraction of sp³-hybridized carbons (Fsp3) is 0.188. The fourth-order valence-corrected chi connectivity index (χ4v) is 2.16. The first-order chi connectivity index (χ1) is 11.3. The number of amidine groups is 1. The molecule has 1 aromatic rings. The van der Waals surface area contributed by atoms with Crippen molar-refractivity contribution in [3.05, 3.63) is 60.1 Å². The van der Waals surface area contributed by atoms with Gasteiger partial charge >= 0.3 is 6.18 Å². The van der Waals surface area contributed by atoms with Crippen LogP contribution in [0.25, 0.3) is 0 Å². The highest BCUT2D eigenvalue weighted by Crippen LogP contribution is 2.33. The van der Waals surface area contributed by atoms with E-state index < -0.39 is 29.1 Å². The van der Waals surface area contributed by atoms with Crippen molar-refractivity contribution in [3.8, 4) is 0 Å². The molecule has 0 saturated heterocycles. The molecule has 0 amide bonds. The quantitative estimate of drug-likeness (QED) is 0.654. The van der Waals surface area contributed by atoms with Crippen LogP contribution in [0.2, 0.25) is 0 Å². The number of nitrogen functional groups attached to an aromatic ring is 1. The minimum atomic E-state index is -4.78. The number of rotatable bonds is 4. The number of nitrogens with one attached hydrogen (secondary N) is 1. The molecule has 0 aromatic carbocycles. The lowest BCUT2D eigenvalue weighted by Crippen LogP contribution is -2.26. The lowest BCUT2D eigenvalue weighted by Gasteiger charge is -2.15. The van der Waals surface area contributed by atoms with Crippen molar-refractivity contribution in [2.45, 2.75) is 13.1 Å². The maximum absolute atomic E-state index is 13.1. The predicted molar refractivity (Wildman–Crippen MR) is 85.1 cm³/mol. The number of ketones is 1. The molecule has 1 aromatic heterocycles. The number of alkyl halides is 3. The summed E-state index contributed by atoms with van der Waals surface area (Å²) in [5.74, 6) is -1.12. The Balaban J connectivity index is 2.29. The van der Waals surface area contributed by atoms with Crippen LogP contribution in [0.5, 0.6) is 0 Å². The first kappa shape index (κ1) is 17.5. The van der Waals surface area contributed by atoms with E-state index in [0.717, 1.165) is 12.1 Å². The molecule has 3 N–H and O–H groups in total. The van der Waals surface area contributed by atoms with E-state index in [1.165, 1.54) is 6.20 Å². The number of aliphatic imine (C=N–C) groups is 1. The molecule has 1 atom stereocenters. The number of anilines is 1. The van der Waals surface area contributed by atoms with Crippen molar-refractivity contribution in [2.75, 3.05) is 5.73 Å². The molecular weight excluding hydrogens is 321 g/mol. The number of nitrogens with two attached hydrogens (primary N) is 1. The van der Waals surface area contributed by atoms with Crippen molar-refractivity contribution in [3.63, 3.8) is 0 Å². The molecule has 0 fully saturated rings. The van der Waals surface area contributed by atoms with Gasteiger partial charge in [-0.15, -0.1) is 0 Å². The number of aromatic nitrogens is 1. The van der Waals surface area contributed by atoms with Crippen molar-refractivity contribution >= 4 is 17.4 Å². The maximum atomic E-state index is 13.1. The van der Waals surface area contributed by atoms with Gasteiger partial charge in [-0.05, 0) is 18.2 Å². The SMILES string of the molecule is C=C/C=C\NC1=NC=C(C(=O)c2ccc(N)nc2C(F)(F)F)C1C. The van der Waals surface area contributed by atoms with Gasteiger partial charge in [-0.1, -0.05) is 19.6 Å². The number of hydrogen-bond donors (Lipinski definition) is 2. The van der Waals surface area contributed by atoms with Gasteiger partial charge in [0.15, 0.2) is 11.5 Å². The molecule has 0 spiro atoms. The van der Waals surface area contributed by atoms with E-state index in [2.05, 4.69) is 21.9 Å². The van der Waals surface area contributed by atoms with E-state index in [9.17, 15) is 18.0 Å². The van der Waals surface area contributed by atoms with Crippen LogP contribution in [0.15, 0.2) is 53.8 Å². The van der Waals surface area contributed by atoms with Crippen LogP contribution in [-0.4, -0.2) is 16.6 Å². The Labute approximate surface area is 136 Å². The van der Waals surface area contributed by atoms with Gasteiger partial charge in [0.25, 0.3) is 0 Å². The normalized spacial score (nSPS) is 17.6. The molecule has 2 rings (SSSR count). The molecule has 5 nitrogen and oxygen atoms in total. The Morgan fingerprint density at radius 1 is 1.42 bits per heavy atom. The maximum Gasteiger partial charge on any atom is 0.434 e. The number of nitrogens with zero attached hydrogens (tertiary/aromatic N) is 2. The van der Waals surface area contributed by atoms with Gasteiger partial charge in [-0.25, -0.2) is 9.98 Å². The summed E-state index contributed by atoms with van der Waals surface area (Å²) >= 11 is 0. The average molecular weight is 336 g/mol. The van der Waals surface area contributed by atoms with Gasteiger partial charge in [0.05, 0.1) is 5.56 Å². The standard InChI is InChI=1S/C16H15F3N4O/c1-3-4-7-21-15-9(2)11(8-22-15)13(24)10-5-6-12(20)23-14(10)16(17,18)19/h3-9H,1H2,2H3,(H2,20,23)(H,21,22)/b7-4-. The third-order valence-electron chi connectivity index (χ3n) is 3.38. The molecule has 8 heteroatoms. The molecule has 126 valence electrons. The van der Waals surface area contributed by atoms with E-state index in [0.29, 0.717) is 5.84 Å². The average Bonchev–Trinajstić information content (AvgIpc) is 2.87. The highest BCUT2D eigenvalue weighted by molar-refractivity contribution is 6.14. The Morgan fingerprint density at radius 2 is 2.12 bits per heavy atom. The summed E-state index contributed by atoms with van der Waals surface area (Å²) in [5.41, 5.74) is 3.60. The topological polar surface area (TPSA) is 80.4 Å². The minimum Gasteiger partial charge on any atom is -0.384 e. The third kappa shape index (κ3) is 3.53. The van der Waals surface area contributed by atoms with Crippen molar-refractivity contribution in [1.29, 1.82) is 0 Å². The van der Waals surface area contributed by atoms with Crippen LogP contribution in [0.4, 0.5) is 19.0 Å². The van der Waals surface area contributed by atoms with Gasteiger partial charge in [0, 0.05) is 23.9 Å². The summed E-state index contributed by atoms with van der Waals surface area (Å²) in [6.07, 6.45) is 1.21. The number of hydrogen-bond acceptors (Lipinski definition) is 5. The van der Waals surface area contributed by atoms with Crippen LogP contribution in [0, 0.1) is 5.92 Å². The summed E-state index contributed by atoms with van der Waals surface area (Å²) in [4.78, 5) is 19.8. The summed E-state index contributed by atoms with van der Waals surface area (Å²) in [6, 6.07) is 2.19. The molecule has 1 aliphatic rings. The molecule has 0 aliphatic carbocycles. The van der Waals surface area contributed by atoms with Gasteiger partial charge in [-0.3, -0.25) is 4.79 Å². The molecular formula is C16H15F3N4O. The predicted octanol–water partition coefficient (Wildman–Crippen LogP) is 3.09. The van der Waals surface area contributed by atoms with Crippen LogP contribution in [-0.2, 0) is 6.18 Å². The van der Waals surface area contributed by atoms with Crippen molar-refractivity contribution in [1.82, 2.24) is 10.3 Å². The summed E-state index contributed by atoms with van der Waals surface area (Å²) < 4.78 is 39.3. The minimum absolute atomic E-state index is 0.140. The van der Waals surface area contributed by atoms with E-state index >= 15 is 0 Å². The Bertz CT molecular complexity index is 763. The summed E-state index contributed by atoms with van der Waals surface area (Å²) in [7, 11) is 0. The zero-order valence-electron chi connectivity index (χ0n) is 12.8. The van der Waals surface area contributed by atoms with Crippen molar-refractivity contribution in [2.24, 2.45) is 10.9 Å². The number of carbonyl (C=O) groups is 1. The van der Waals surface area contributed by atoms with E-state index in [4.69, 9.17) is 5.73 Å². The van der Waals surface area contributed by atoms with Gasteiger partial charge in [-0.2, -0.15) is 13.2 Å². The molecule has 1 unspecified atom stereocenters. The Hall–Kier alpha value is -2.90. The largest absolute Gasteiger partial charge is 0.434 e. The van der Waals surface area contributed by atoms with Gasteiger partial charge in [0.2, 0.25) is 0 Å². The molecule has 2 heterocycles. The first-order valence-corrected chi connectivity index (χ1v) is 6.96. The van der Waals surface area contributed by atoms with Crippen LogP contribution >= 0.6 is 0 Å². The second kappa shape index (κ2) is 6.69. The van der Waals surface area contributed by atoms with Crippen LogP contribution in [0.3, 0.4) is 0 Å². The highest BCUT2D eigenvalue weighted by atomic mass is 19.4. The van der Waals surface area contributed by atoms with Crippen molar-refractivity contribution < 1.29 is 18.0 Å². The van der Waals surface area contributed by atoms with E-state index in [-0.39, 0.29) is 11.4 Å². The highest BCUT2D eigenvalue weighted by Gasteiger charge is 2.39. The number of allylic oxidation sites excluding steroid dienone is 2. The second-order valence-corrected chi connectivity index (χ2v) is 5.02. The van der Waals surface area contributed by atoms with Gasteiger partial charge < -0.3 is 11.1 Å². The number of carbonyl (C=O) groups excluding carboxylic acids is 1. The summed E-state index contributed by atoms with van der Waals surface area (Å²) in [6.45, 7) is 5.18. The summed E-state index contributed by atoms with van der Waals surface area (Å²) in [5, 5.41) is 2.86. The zero-order valence-corrected chi connectivity index (χ0v) is 12.8. The van der Waals surface area contributed by atoms with Crippen LogP contribution in [0.1, 0.15) is 23.0 Å². The number of pyridine rings is 1. The molecule has 0 bridgehead atoms. The first-order valence-electron chi connectivity index (χ1n) is 6.96. The number of halogens is 3. The Morgan fingerprint density at radius 3 is 2.75 bits per heavy atom. The fourth-order valence-electron chi connectivity index (χ4n) is 2.16. The second-order valence-electron chi connectivity index (χ2n) is 5.02. The monoisotopic (exact) mass is 336 g/mol. The lowest BCUT2D eigenvalue weighted by molar-refractivity contribution is -0.141. The molecule has 0 radical (unpaired) electrons. The zero-order chi connectivity index (χ0) is 17.9. The lowest BCUT2D eigenvalue weighted by atomic mass is 9.93.